The van der Waals surface area contributed by atoms with E-state index < -0.39 is 18.2 Å². The zero-order valence-corrected chi connectivity index (χ0v) is 15.5. The van der Waals surface area contributed by atoms with Crippen molar-refractivity contribution in [3.05, 3.63) is 66.7 Å². The van der Waals surface area contributed by atoms with Crippen LogP contribution in [0.1, 0.15) is 5.56 Å². The molecule has 132 valence electrons. The molecule has 2 aromatic carbocycles. The summed E-state index contributed by atoms with van der Waals surface area (Å²) in [6.45, 7) is 3.59. The van der Waals surface area contributed by atoms with E-state index in [0.29, 0.717) is 17.9 Å². The molecule has 0 saturated heterocycles. The van der Waals surface area contributed by atoms with E-state index in [0.717, 1.165) is 5.56 Å². The first-order chi connectivity index (χ1) is 11.9. The maximum absolute atomic E-state index is 11.5. The average molecular weight is 454 g/mol. The third-order valence-electron chi connectivity index (χ3n) is 3.53. The Kier molecular flexibility index (Phi) is 6.80. The highest BCUT2D eigenvalue weighted by atomic mass is 127. The van der Waals surface area contributed by atoms with Crippen molar-refractivity contribution in [1.82, 2.24) is 3.11 Å². The van der Waals surface area contributed by atoms with E-state index in [1.807, 2.05) is 35.0 Å². The number of halogens is 1. The summed E-state index contributed by atoms with van der Waals surface area (Å²) in [5.74, 6) is 0.444. The average Bonchev–Trinajstić information content (AvgIpc) is 2.61. The van der Waals surface area contributed by atoms with E-state index in [1.165, 1.54) is 9.19 Å². The minimum Gasteiger partial charge on any atom is -0.508 e. The highest BCUT2D eigenvalue weighted by Gasteiger charge is 2.27. The first-order valence-corrected chi connectivity index (χ1v) is 8.48. The molecule has 0 radical (unpaired) electrons. The van der Waals surface area contributed by atoms with Crippen molar-refractivity contribution in [3.8, 4) is 17.2 Å². The van der Waals surface area contributed by atoms with Crippen molar-refractivity contribution in [3.63, 3.8) is 0 Å². The van der Waals surface area contributed by atoms with Crippen molar-refractivity contribution in [2.45, 2.75) is 18.6 Å². The largest absolute Gasteiger partial charge is 0.508 e. The summed E-state index contributed by atoms with van der Waals surface area (Å²) in [6, 6.07) is 12.8. The lowest BCUT2D eigenvalue weighted by atomic mass is 10.1. The molecular weight excluding hydrogens is 435 g/mol. The van der Waals surface area contributed by atoms with E-state index in [2.05, 4.69) is 6.58 Å². The molecule has 2 aromatic rings. The summed E-state index contributed by atoms with van der Waals surface area (Å²) in [4.78, 5) is 11.5. The molecule has 0 fully saturated rings. The number of phenolic OH excluding ortho intramolecular Hbond substituents is 1. The summed E-state index contributed by atoms with van der Waals surface area (Å²) in [5.41, 5.74) is 6.68. The second kappa shape index (κ2) is 8.84. The topological polar surface area (TPSA) is 96.0 Å². The molecule has 7 heteroatoms. The maximum Gasteiger partial charge on any atom is 0.322 e. The van der Waals surface area contributed by atoms with Crippen LogP contribution in [0.15, 0.2) is 61.2 Å². The lowest BCUT2D eigenvalue weighted by Gasteiger charge is -2.26. The molecular formula is C18H19IN2O4. The summed E-state index contributed by atoms with van der Waals surface area (Å²) in [5, 5.41) is 18.7. The standard InChI is InChI=1S/C18H19IN2O4/c1-2-17(20)21(19)16(18(23)24)11-12-3-7-14(8-4-12)25-15-9-5-13(22)6-10-15/h2-10,16-17,22H,1,11,20H2,(H,23,24)/t16-,17?/m0/s1. The van der Waals surface area contributed by atoms with Gasteiger partial charge in [0, 0.05) is 22.9 Å². The minimum atomic E-state index is -0.948. The molecule has 0 amide bonds. The lowest BCUT2D eigenvalue weighted by Crippen LogP contribution is -2.45. The fourth-order valence-corrected chi connectivity index (χ4v) is 2.82. The Morgan fingerprint density at radius 1 is 1.20 bits per heavy atom. The van der Waals surface area contributed by atoms with Crippen molar-refractivity contribution in [1.29, 1.82) is 0 Å². The number of hydrogen-bond donors (Lipinski definition) is 3. The number of carboxylic acids is 1. The van der Waals surface area contributed by atoms with Crippen molar-refractivity contribution in [2.75, 3.05) is 0 Å². The molecule has 0 bridgehead atoms. The lowest BCUT2D eigenvalue weighted by molar-refractivity contribution is -0.141. The van der Waals surface area contributed by atoms with Gasteiger partial charge in [0.15, 0.2) is 0 Å². The van der Waals surface area contributed by atoms with E-state index in [1.54, 1.807) is 36.4 Å². The Labute approximate surface area is 160 Å². The number of ether oxygens (including phenoxy) is 1. The Morgan fingerprint density at radius 2 is 1.72 bits per heavy atom. The fraction of sp³-hybridized carbons (Fsp3) is 0.167. The quantitative estimate of drug-likeness (QED) is 0.245. The van der Waals surface area contributed by atoms with Gasteiger partial charge in [-0.1, -0.05) is 18.2 Å². The van der Waals surface area contributed by atoms with Crippen LogP contribution in [0.2, 0.25) is 0 Å². The molecule has 0 heterocycles. The number of carboxylic acid groups (broad SMARTS) is 1. The number of rotatable bonds is 8. The van der Waals surface area contributed by atoms with Crippen molar-refractivity contribution < 1.29 is 19.7 Å². The summed E-state index contributed by atoms with van der Waals surface area (Å²) in [6.07, 6.45) is 1.26. The molecule has 1 unspecified atom stereocenters. The second-order valence-electron chi connectivity index (χ2n) is 5.37. The van der Waals surface area contributed by atoms with Gasteiger partial charge in [0.05, 0.1) is 6.17 Å². The van der Waals surface area contributed by atoms with Gasteiger partial charge in [-0.25, -0.2) is 3.11 Å². The van der Waals surface area contributed by atoms with Gasteiger partial charge in [-0.3, -0.25) is 4.79 Å². The van der Waals surface area contributed by atoms with Gasteiger partial charge in [0.1, 0.15) is 23.3 Å². The van der Waals surface area contributed by atoms with Gasteiger partial charge in [-0.05, 0) is 48.4 Å². The summed E-state index contributed by atoms with van der Waals surface area (Å²) in [7, 11) is 0. The number of phenols is 1. The highest BCUT2D eigenvalue weighted by Crippen LogP contribution is 2.24. The number of nitrogens with two attached hydrogens (primary N) is 1. The number of benzene rings is 2. The number of nitrogens with zero attached hydrogens (tertiary/aromatic N) is 1. The first-order valence-electron chi connectivity index (χ1n) is 7.51. The van der Waals surface area contributed by atoms with Gasteiger partial charge in [0.25, 0.3) is 0 Å². The van der Waals surface area contributed by atoms with Gasteiger partial charge in [0.2, 0.25) is 0 Å². The second-order valence-corrected chi connectivity index (χ2v) is 6.48. The van der Waals surface area contributed by atoms with Crippen LogP contribution in [0.5, 0.6) is 17.2 Å². The van der Waals surface area contributed by atoms with Crippen LogP contribution in [0.25, 0.3) is 0 Å². The smallest absolute Gasteiger partial charge is 0.322 e. The number of hydrogen-bond acceptors (Lipinski definition) is 5. The molecule has 0 aromatic heterocycles. The predicted octanol–water partition coefficient (Wildman–Crippen LogP) is 3.30. The Balaban J connectivity index is 2.06. The van der Waals surface area contributed by atoms with Crippen LogP contribution in [0.3, 0.4) is 0 Å². The zero-order valence-electron chi connectivity index (χ0n) is 13.4. The number of aliphatic carboxylic acids is 1. The zero-order chi connectivity index (χ0) is 18.4. The van der Waals surface area contributed by atoms with Gasteiger partial charge < -0.3 is 20.7 Å². The third kappa shape index (κ3) is 5.45. The Bertz CT molecular complexity index is 719. The molecule has 0 aliphatic carbocycles. The van der Waals surface area contributed by atoms with Gasteiger partial charge in [-0.2, -0.15) is 0 Å². The van der Waals surface area contributed by atoms with Crippen LogP contribution in [0.4, 0.5) is 0 Å². The van der Waals surface area contributed by atoms with E-state index in [-0.39, 0.29) is 5.75 Å². The first kappa shape index (κ1) is 19.2. The Hall–Kier alpha value is -2.10. The minimum absolute atomic E-state index is 0.170. The van der Waals surface area contributed by atoms with Crippen LogP contribution in [-0.2, 0) is 11.2 Å². The molecule has 0 aliphatic heterocycles. The predicted molar refractivity (Wildman–Crippen MR) is 104 cm³/mol. The molecule has 4 N–H and O–H groups in total. The summed E-state index contributed by atoms with van der Waals surface area (Å²) >= 11 is 1.91. The van der Waals surface area contributed by atoms with E-state index in [9.17, 15) is 15.0 Å². The van der Waals surface area contributed by atoms with Gasteiger partial charge in [-0.15, -0.1) is 6.58 Å². The molecule has 2 rings (SSSR count). The molecule has 0 spiro atoms. The molecule has 2 atom stereocenters. The van der Waals surface area contributed by atoms with Crippen molar-refractivity contribution >= 4 is 28.8 Å². The van der Waals surface area contributed by atoms with Crippen LogP contribution in [-0.4, -0.2) is 31.5 Å². The van der Waals surface area contributed by atoms with Crippen LogP contribution in [0, 0.1) is 0 Å². The molecule has 25 heavy (non-hydrogen) atoms. The summed E-state index contributed by atoms with van der Waals surface area (Å²) < 4.78 is 7.21. The van der Waals surface area contributed by atoms with Crippen LogP contribution < -0.4 is 10.5 Å². The molecule has 0 saturated carbocycles. The molecule has 6 nitrogen and oxygen atoms in total. The fourth-order valence-electron chi connectivity index (χ4n) is 2.16. The molecule has 0 aliphatic rings. The monoisotopic (exact) mass is 454 g/mol. The number of carbonyl (C=O) groups is 1. The maximum atomic E-state index is 11.5. The highest BCUT2D eigenvalue weighted by molar-refractivity contribution is 14.1. The van der Waals surface area contributed by atoms with Crippen LogP contribution >= 0.6 is 22.9 Å². The SMILES string of the molecule is C=CC(N)N(I)[C@@H](Cc1ccc(Oc2ccc(O)cc2)cc1)C(=O)O. The third-order valence-corrected chi connectivity index (χ3v) is 4.85. The number of aromatic hydroxyl groups is 1. The Morgan fingerprint density at radius 3 is 2.20 bits per heavy atom. The normalized spacial score (nSPS) is 13.2. The van der Waals surface area contributed by atoms with E-state index in [4.69, 9.17) is 10.5 Å². The van der Waals surface area contributed by atoms with E-state index >= 15 is 0 Å². The van der Waals surface area contributed by atoms with Gasteiger partial charge >= 0.3 is 5.97 Å². The van der Waals surface area contributed by atoms with Crippen molar-refractivity contribution in [2.24, 2.45) is 5.73 Å².